The minimum atomic E-state index is -1.35. The molecule has 2 N–H and O–H groups in total. The van der Waals surface area contributed by atoms with E-state index in [0.29, 0.717) is 52.3 Å². The molecule has 1 saturated carbocycles. The van der Waals surface area contributed by atoms with Crippen LogP contribution in [0.1, 0.15) is 52.8 Å². The topological polar surface area (TPSA) is 94.1 Å². The number of rotatable bonds is 6. The molecule has 7 nitrogen and oxygen atoms in total. The highest BCUT2D eigenvalue weighted by Gasteiger charge is 2.31. The summed E-state index contributed by atoms with van der Waals surface area (Å²) in [5.41, 5.74) is 2.43. The van der Waals surface area contributed by atoms with Gasteiger partial charge in [-0.1, -0.05) is 41.9 Å². The van der Waals surface area contributed by atoms with Crippen molar-refractivity contribution < 1.29 is 28.9 Å². The normalized spacial score (nSPS) is 20.5. The highest BCUT2D eigenvalue weighted by atomic mass is 35.5. The molecule has 5 rings (SSSR count). The molecule has 3 aromatic rings. The highest BCUT2D eigenvalue weighted by Crippen LogP contribution is 2.42. The van der Waals surface area contributed by atoms with Crippen LogP contribution >= 0.6 is 11.6 Å². The van der Waals surface area contributed by atoms with Crippen molar-refractivity contribution >= 4 is 23.7 Å². The zero-order chi connectivity index (χ0) is 24.4. The van der Waals surface area contributed by atoms with E-state index >= 15 is 0 Å². The number of carbonyl (C=O) groups excluding carboxylic acids is 1. The molecule has 1 aliphatic carbocycles. The third kappa shape index (κ3) is 5.20. The fraction of sp³-hybridized carbons (Fsp3) is 0.259. The third-order valence-corrected chi connectivity index (χ3v) is 6.68. The van der Waals surface area contributed by atoms with Crippen molar-refractivity contribution in [3.05, 3.63) is 88.4 Å². The summed E-state index contributed by atoms with van der Waals surface area (Å²) < 4.78 is 16.5. The quantitative estimate of drug-likeness (QED) is 0.390. The molecule has 1 unspecified atom stereocenters. The number of halogens is 1. The molecule has 1 atom stereocenters. The molecule has 35 heavy (non-hydrogen) atoms. The number of benzene rings is 3. The van der Waals surface area contributed by atoms with Gasteiger partial charge in [0.15, 0.2) is 0 Å². The summed E-state index contributed by atoms with van der Waals surface area (Å²) in [6.07, 6.45) is 0.297. The summed E-state index contributed by atoms with van der Waals surface area (Å²) in [4.78, 5) is 23.6. The summed E-state index contributed by atoms with van der Waals surface area (Å²) in [6.45, 7) is 0.322. The predicted octanol–water partition coefficient (Wildman–Crippen LogP) is 6.33. The number of nitrogens with one attached hydrogen (secondary N) is 1. The molecule has 3 aromatic carbocycles. The van der Waals surface area contributed by atoms with Gasteiger partial charge in [-0.2, -0.15) is 0 Å². The van der Waals surface area contributed by atoms with Crippen molar-refractivity contribution in [3.8, 4) is 17.2 Å². The van der Waals surface area contributed by atoms with Crippen LogP contribution < -0.4 is 14.8 Å². The van der Waals surface area contributed by atoms with Gasteiger partial charge in [0, 0.05) is 29.7 Å². The molecule has 0 radical (unpaired) electrons. The molecule has 180 valence electrons. The summed E-state index contributed by atoms with van der Waals surface area (Å²) >= 11 is 6.38. The number of amides is 1. The maximum atomic E-state index is 12.6. The molecule has 0 saturated heterocycles. The second-order valence-electron chi connectivity index (χ2n) is 8.71. The van der Waals surface area contributed by atoms with E-state index in [1.54, 1.807) is 36.4 Å². The largest absolute Gasteiger partial charge is 0.506 e. The first-order valence-electron chi connectivity index (χ1n) is 11.5. The van der Waals surface area contributed by atoms with E-state index < -0.39 is 12.3 Å². The van der Waals surface area contributed by atoms with Crippen molar-refractivity contribution in [2.45, 2.75) is 37.3 Å². The van der Waals surface area contributed by atoms with Crippen LogP contribution in [0.4, 0.5) is 4.79 Å². The van der Waals surface area contributed by atoms with Gasteiger partial charge in [-0.15, -0.1) is 0 Å². The molecule has 2 aliphatic rings. The lowest BCUT2D eigenvalue weighted by Gasteiger charge is -2.36. The summed E-state index contributed by atoms with van der Waals surface area (Å²) in [5, 5.41) is 12.3. The van der Waals surface area contributed by atoms with Crippen molar-refractivity contribution in [2.24, 2.45) is 0 Å². The van der Waals surface area contributed by atoms with E-state index in [0.717, 1.165) is 12.8 Å². The van der Waals surface area contributed by atoms with Crippen LogP contribution in [0.3, 0.4) is 0 Å². The van der Waals surface area contributed by atoms with Crippen molar-refractivity contribution in [3.63, 3.8) is 0 Å². The lowest BCUT2D eigenvalue weighted by atomic mass is 9.76. The molecule has 1 heterocycles. The summed E-state index contributed by atoms with van der Waals surface area (Å²) in [6, 6.07) is 20.6. The van der Waals surface area contributed by atoms with E-state index in [9.17, 15) is 9.59 Å². The van der Waals surface area contributed by atoms with Gasteiger partial charge in [0.1, 0.15) is 23.4 Å². The van der Waals surface area contributed by atoms with Gasteiger partial charge >= 0.3 is 6.16 Å². The van der Waals surface area contributed by atoms with E-state index in [-0.39, 0.29) is 11.9 Å². The number of fused-ring (bicyclic) bond motifs is 1. The minimum absolute atomic E-state index is 0.113. The molecule has 0 spiro atoms. The SMILES string of the molecule is O=C(O)OC1CCOc2cc(Oc3ccc(C(=O)NC4CC(c5ccccc5)C4)cc3)c(Cl)cc21. The Labute approximate surface area is 207 Å². The van der Waals surface area contributed by atoms with Gasteiger partial charge in [0.25, 0.3) is 5.91 Å². The van der Waals surface area contributed by atoms with Crippen LogP contribution in [0, 0.1) is 0 Å². The molecule has 0 aromatic heterocycles. The van der Waals surface area contributed by atoms with Gasteiger partial charge < -0.3 is 24.6 Å². The Bertz CT molecular complexity index is 1220. The first-order chi connectivity index (χ1) is 17.0. The average molecular weight is 494 g/mol. The van der Waals surface area contributed by atoms with Crippen LogP contribution in [-0.4, -0.2) is 29.8 Å². The van der Waals surface area contributed by atoms with Gasteiger partial charge in [-0.05, 0) is 54.7 Å². The first kappa shape index (κ1) is 23.1. The Kier molecular flexibility index (Phi) is 6.51. The Morgan fingerprint density at radius 3 is 2.49 bits per heavy atom. The highest BCUT2D eigenvalue weighted by molar-refractivity contribution is 6.32. The first-order valence-corrected chi connectivity index (χ1v) is 11.8. The average Bonchev–Trinajstić information content (AvgIpc) is 2.82. The van der Waals surface area contributed by atoms with Gasteiger partial charge in [0.2, 0.25) is 0 Å². The minimum Gasteiger partial charge on any atom is -0.493 e. The summed E-state index contributed by atoms with van der Waals surface area (Å²) in [5.74, 6) is 1.71. The standard InChI is InChI=1S/C27H24ClNO6/c28-22-14-21-23(35-27(31)32)10-11-33-24(21)15-25(22)34-20-8-6-17(7-9-20)26(30)29-19-12-18(13-19)16-4-2-1-3-5-16/h1-9,14-15,18-19,23H,10-13H2,(H,29,30)(H,31,32). The maximum Gasteiger partial charge on any atom is 0.506 e. The molecule has 8 heteroatoms. The van der Waals surface area contributed by atoms with Crippen LogP contribution in [0.15, 0.2) is 66.7 Å². The number of hydrogen-bond donors (Lipinski definition) is 2. The van der Waals surface area contributed by atoms with Crippen LogP contribution in [0.25, 0.3) is 0 Å². The number of carboxylic acid groups (broad SMARTS) is 1. The van der Waals surface area contributed by atoms with E-state index in [4.69, 9.17) is 30.9 Å². The number of carbonyl (C=O) groups is 2. The number of hydrogen-bond acceptors (Lipinski definition) is 5. The van der Waals surface area contributed by atoms with Gasteiger partial charge in [-0.3, -0.25) is 4.79 Å². The predicted molar refractivity (Wildman–Crippen MR) is 130 cm³/mol. The molecular formula is C27H24ClNO6. The second kappa shape index (κ2) is 9.88. The van der Waals surface area contributed by atoms with Crippen molar-refractivity contribution in [2.75, 3.05) is 6.61 Å². The van der Waals surface area contributed by atoms with Crippen molar-refractivity contribution in [1.82, 2.24) is 5.32 Å². The fourth-order valence-corrected chi connectivity index (χ4v) is 4.69. The summed E-state index contributed by atoms with van der Waals surface area (Å²) in [7, 11) is 0. The smallest absolute Gasteiger partial charge is 0.493 e. The fourth-order valence-electron chi connectivity index (χ4n) is 4.48. The molecule has 0 bridgehead atoms. The number of ether oxygens (including phenoxy) is 3. The lowest BCUT2D eigenvalue weighted by Crippen LogP contribution is -2.43. The van der Waals surface area contributed by atoms with Crippen LogP contribution in [-0.2, 0) is 4.74 Å². The third-order valence-electron chi connectivity index (χ3n) is 6.38. The molecule has 1 fully saturated rings. The second-order valence-corrected chi connectivity index (χ2v) is 9.11. The lowest BCUT2D eigenvalue weighted by molar-refractivity contribution is 0.0326. The molecule has 1 amide bonds. The monoisotopic (exact) mass is 493 g/mol. The van der Waals surface area contributed by atoms with Crippen molar-refractivity contribution in [1.29, 1.82) is 0 Å². The Balaban J connectivity index is 1.20. The Morgan fingerprint density at radius 2 is 1.77 bits per heavy atom. The Morgan fingerprint density at radius 1 is 1.03 bits per heavy atom. The zero-order valence-electron chi connectivity index (χ0n) is 18.8. The van der Waals surface area contributed by atoms with E-state index in [1.165, 1.54) is 5.56 Å². The Hall–Kier alpha value is -3.71. The van der Waals surface area contributed by atoms with Crippen LogP contribution in [0.5, 0.6) is 17.2 Å². The van der Waals surface area contributed by atoms with E-state index in [1.807, 2.05) is 18.2 Å². The maximum absolute atomic E-state index is 12.6. The van der Waals surface area contributed by atoms with E-state index in [2.05, 4.69) is 17.4 Å². The van der Waals surface area contributed by atoms with Crippen LogP contribution in [0.2, 0.25) is 5.02 Å². The van der Waals surface area contributed by atoms with Gasteiger partial charge in [0.05, 0.1) is 11.6 Å². The van der Waals surface area contributed by atoms with Gasteiger partial charge in [-0.25, -0.2) is 4.79 Å². The zero-order valence-corrected chi connectivity index (χ0v) is 19.5. The molecule has 1 aliphatic heterocycles. The molecular weight excluding hydrogens is 470 g/mol.